The molecule has 1 saturated heterocycles. The number of thiophene rings is 1. The summed E-state index contributed by atoms with van der Waals surface area (Å²) in [5, 5.41) is 6.98. The number of rotatable bonds is 3. The van der Waals surface area contributed by atoms with Gasteiger partial charge < -0.3 is 5.32 Å². The van der Waals surface area contributed by atoms with Gasteiger partial charge in [0.25, 0.3) is 0 Å². The molecule has 0 radical (unpaired) electrons. The van der Waals surface area contributed by atoms with Crippen LogP contribution in [0.4, 0.5) is 13.2 Å². The number of piperazine rings is 1. The van der Waals surface area contributed by atoms with Crippen LogP contribution in [0, 0.1) is 0 Å². The van der Waals surface area contributed by atoms with Crippen molar-refractivity contribution in [1.82, 2.24) is 10.2 Å². The van der Waals surface area contributed by atoms with E-state index < -0.39 is 11.7 Å². The van der Waals surface area contributed by atoms with Gasteiger partial charge in [0.15, 0.2) is 0 Å². The van der Waals surface area contributed by atoms with Gasteiger partial charge in [-0.15, -0.1) is 0 Å². The van der Waals surface area contributed by atoms with Gasteiger partial charge in [-0.05, 0) is 34.0 Å². The van der Waals surface area contributed by atoms with E-state index in [4.69, 9.17) is 11.6 Å². The molecule has 2 nitrogen and oxygen atoms in total. The van der Waals surface area contributed by atoms with Crippen LogP contribution in [0.3, 0.4) is 0 Å². The molecule has 1 aromatic carbocycles. The predicted octanol–water partition coefficient (Wildman–Crippen LogP) is 4.41. The lowest BCUT2D eigenvalue weighted by Gasteiger charge is -2.35. The third kappa shape index (κ3) is 3.55. The fourth-order valence-electron chi connectivity index (χ4n) is 2.94. The molecule has 1 aliphatic heterocycles. The van der Waals surface area contributed by atoms with Crippen LogP contribution in [-0.4, -0.2) is 31.1 Å². The van der Waals surface area contributed by atoms with Crippen LogP contribution >= 0.6 is 22.9 Å². The van der Waals surface area contributed by atoms with Crippen LogP contribution in [-0.2, 0) is 6.18 Å². The van der Waals surface area contributed by atoms with E-state index in [2.05, 4.69) is 10.2 Å². The van der Waals surface area contributed by atoms with Crippen LogP contribution in [0.25, 0.3) is 0 Å². The Hall–Kier alpha value is -1.08. The minimum atomic E-state index is -4.45. The van der Waals surface area contributed by atoms with Crippen molar-refractivity contribution in [2.75, 3.05) is 26.2 Å². The average molecular weight is 361 g/mol. The van der Waals surface area contributed by atoms with Crippen molar-refractivity contribution in [3.63, 3.8) is 0 Å². The zero-order valence-corrected chi connectivity index (χ0v) is 13.8. The van der Waals surface area contributed by atoms with E-state index in [1.165, 1.54) is 17.4 Å². The Morgan fingerprint density at radius 1 is 1.17 bits per heavy atom. The second-order valence-electron chi connectivity index (χ2n) is 5.45. The molecule has 1 aromatic heterocycles. The van der Waals surface area contributed by atoms with Crippen LogP contribution < -0.4 is 5.32 Å². The molecular weight excluding hydrogens is 345 g/mol. The topological polar surface area (TPSA) is 15.3 Å². The third-order valence-electron chi connectivity index (χ3n) is 4.00. The van der Waals surface area contributed by atoms with E-state index in [9.17, 15) is 13.2 Å². The Labute approximate surface area is 141 Å². The van der Waals surface area contributed by atoms with Crippen molar-refractivity contribution in [3.8, 4) is 0 Å². The summed E-state index contributed by atoms with van der Waals surface area (Å²) in [6.45, 7) is 3.18. The van der Waals surface area contributed by atoms with E-state index in [0.29, 0.717) is 5.56 Å². The lowest BCUT2D eigenvalue weighted by atomic mass is 9.96. The summed E-state index contributed by atoms with van der Waals surface area (Å²) in [6.07, 6.45) is -4.45. The Kier molecular flexibility index (Phi) is 4.96. The van der Waals surface area contributed by atoms with E-state index in [-0.39, 0.29) is 11.1 Å². The number of benzene rings is 1. The molecule has 23 heavy (non-hydrogen) atoms. The number of halogens is 4. The fraction of sp³-hybridized carbons (Fsp3) is 0.375. The van der Waals surface area contributed by atoms with Gasteiger partial charge in [0, 0.05) is 26.2 Å². The summed E-state index contributed by atoms with van der Waals surface area (Å²) < 4.78 is 39.5. The molecule has 0 saturated carbocycles. The Morgan fingerprint density at radius 2 is 1.91 bits per heavy atom. The second kappa shape index (κ2) is 6.81. The molecule has 0 amide bonds. The summed E-state index contributed by atoms with van der Waals surface area (Å²) in [5.74, 6) is 0. The van der Waals surface area contributed by atoms with Crippen LogP contribution in [0.2, 0.25) is 5.02 Å². The molecule has 1 N–H and O–H groups in total. The summed E-state index contributed by atoms with van der Waals surface area (Å²) in [5.41, 5.74) is 0.729. The molecule has 0 aliphatic carbocycles. The molecule has 1 atom stereocenters. The van der Waals surface area contributed by atoms with Crippen molar-refractivity contribution in [2.24, 2.45) is 0 Å². The van der Waals surface area contributed by atoms with Crippen LogP contribution in [0.5, 0.6) is 0 Å². The molecule has 0 bridgehead atoms. The molecule has 124 valence electrons. The van der Waals surface area contributed by atoms with E-state index >= 15 is 0 Å². The maximum Gasteiger partial charge on any atom is 0.417 e. The second-order valence-corrected chi connectivity index (χ2v) is 6.61. The largest absolute Gasteiger partial charge is 0.417 e. The Morgan fingerprint density at radius 3 is 2.52 bits per heavy atom. The van der Waals surface area contributed by atoms with Crippen molar-refractivity contribution in [2.45, 2.75) is 12.2 Å². The number of hydrogen-bond donors (Lipinski definition) is 1. The highest BCUT2D eigenvalue weighted by atomic mass is 35.5. The lowest BCUT2D eigenvalue weighted by Crippen LogP contribution is -2.45. The number of alkyl halides is 3. The molecule has 2 aromatic rings. The van der Waals surface area contributed by atoms with Gasteiger partial charge in [-0.1, -0.05) is 23.7 Å². The molecular formula is C16H16ClF3N2S. The summed E-state index contributed by atoms with van der Waals surface area (Å²) in [4.78, 5) is 2.18. The molecule has 1 aliphatic rings. The van der Waals surface area contributed by atoms with Crippen molar-refractivity contribution in [1.29, 1.82) is 0 Å². The van der Waals surface area contributed by atoms with E-state index in [1.807, 2.05) is 16.8 Å². The molecule has 7 heteroatoms. The predicted molar refractivity (Wildman–Crippen MR) is 87.1 cm³/mol. The van der Waals surface area contributed by atoms with Gasteiger partial charge in [-0.3, -0.25) is 4.90 Å². The standard InChI is InChI=1S/C16H16ClF3N2S/c17-14-12(2-1-3-13(14)16(18,19)20)15(11-4-9-23-10-11)22-7-5-21-6-8-22/h1-4,9-10,15,21H,5-8H2/t15-/m0/s1. The van der Waals surface area contributed by atoms with Gasteiger partial charge in [0.2, 0.25) is 0 Å². The van der Waals surface area contributed by atoms with E-state index in [1.54, 1.807) is 6.07 Å². The quantitative estimate of drug-likeness (QED) is 0.872. The Bertz CT molecular complexity index is 652. The molecule has 1 fully saturated rings. The van der Waals surface area contributed by atoms with Gasteiger partial charge in [-0.25, -0.2) is 0 Å². The fourth-order valence-corrected chi connectivity index (χ4v) is 3.95. The van der Waals surface area contributed by atoms with Gasteiger partial charge in [0.1, 0.15) is 0 Å². The summed E-state index contributed by atoms with van der Waals surface area (Å²) in [7, 11) is 0. The van der Waals surface area contributed by atoms with Gasteiger partial charge in [0.05, 0.1) is 16.6 Å². The Balaban J connectivity index is 2.07. The normalized spacial score (nSPS) is 18.1. The molecule has 2 heterocycles. The van der Waals surface area contributed by atoms with E-state index in [0.717, 1.165) is 37.8 Å². The first kappa shape index (κ1) is 16.8. The molecule has 3 rings (SSSR count). The third-order valence-corrected chi connectivity index (χ3v) is 5.13. The van der Waals surface area contributed by atoms with Crippen molar-refractivity contribution < 1.29 is 13.2 Å². The lowest BCUT2D eigenvalue weighted by molar-refractivity contribution is -0.137. The SMILES string of the molecule is FC(F)(F)c1cccc([C@H](c2ccsc2)N2CCNCC2)c1Cl. The van der Waals surface area contributed by atoms with Crippen molar-refractivity contribution in [3.05, 3.63) is 56.7 Å². The summed E-state index contributed by atoms with van der Waals surface area (Å²) in [6, 6.07) is 5.87. The van der Waals surface area contributed by atoms with Gasteiger partial charge in [-0.2, -0.15) is 24.5 Å². The highest BCUT2D eigenvalue weighted by Gasteiger charge is 2.36. The maximum absolute atomic E-state index is 13.2. The molecule has 0 unspecified atom stereocenters. The summed E-state index contributed by atoms with van der Waals surface area (Å²) >= 11 is 7.70. The monoisotopic (exact) mass is 360 g/mol. The molecule has 0 spiro atoms. The minimum absolute atomic E-state index is 0.199. The zero-order chi connectivity index (χ0) is 16.4. The highest BCUT2D eigenvalue weighted by Crippen LogP contribution is 2.41. The zero-order valence-electron chi connectivity index (χ0n) is 12.2. The number of nitrogens with zero attached hydrogens (tertiary/aromatic N) is 1. The minimum Gasteiger partial charge on any atom is -0.314 e. The number of nitrogens with one attached hydrogen (secondary N) is 1. The van der Waals surface area contributed by atoms with Gasteiger partial charge >= 0.3 is 6.18 Å². The van der Waals surface area contributed by atoms with Crippen LogP contribution in [0.1, 0.15) is 22.7 Å². The highest BCUT2D eigenvalue weighted by molar-refractivity contribution is 7.08. The first-order chi connectivity index (χ1) is 11.0. The maximum atomic E-state index is 13.2. The number of hydrogen-bond acceptors (Lipinski definition) is 3. The first-order valence-electron chi connectivity index (χ1n) is 7.31. The van der Waals surface area contributed by atoms with Crippen LogP contribution in [0.15, 0.2) is 35.0 Å². The smallest absolute Gasteiger partial charge is 0.314 e. The van der Waals surface area contributed by atoms with Crippen molar-refractivity contribution >= 4 is 22.9 Å². The first-order valence-corrected chi connectivity index (χ1v) is 8.63. The average Bonchev–Trinajstić information content (AvgIpc) is 3.03.